The van der Waals surface area contributed by atoms with Crippen LogP contribution in [-0.4, -0.2) is 0 Å². The van der Waals surface area contributed by atoms with E-state index in [-0.39, 0.29) is 0 Å². The van der Waals surface area contributed by atoms with Crippen LogP contribution in [0, 0.1) is 13.8 Å². The Morgan fingerprint density at radius 2 is 0.658 bits per heavy atom. The number of hydrogen-bond donors (Lipinski definition) is 0. The van der Waals surface area contributed by atoms with Crippen LogP contribution in [0.1, 0.15) is 9.75 Å². The third-order valence-corrected chi connectivity index (χ3v) is 14.3. The van der Waals surface area contributed by atoms with Crippen LogP contribution in [0.2, 0.25) is 0 Å². The second-order valence-electron chi connectivity index (χ2n) is 9.16. The van der Waals surface area contributed by atoms with Gasteiger partial charge in [-0.1, -0.05) is 121 Å². The van der Waals surface area contributed by atoms with Crippen molar-refractivity contribution in [2.75, 3.05) is 0 Å². The average molecular weight is 563 g/mol. The van der Waals surface area contributed by atoms with Crippen molar-refractivity contribution < 1.29 is 0 Å². The van der Waals surface area contributed by atoms with Gasteiger partial charge in [0.1, 0.15) is 0 Å². The van der Waals surface area contributed by atoms with E-state index < -0.39 is 15.8 Å². The largest absolute Gasteiger partial charge is 0.139 e. The van der Waals surface area contributed by atoms with E-state index in [0.29, 0.717) is 0 Å². The molecule has 0 nitrogen and oxygen atoms in total. The maximum absolute atomic E-state index is 2.44. The number of aryl methyl sites for hydroxylation is 2. The van der Waals surface area contributed by atoms with Gasteiger partial charge in [0.15, 0.2) is 0 Å². The van der Waals surface area contributed by atoms with Gasteiger partial charge in [-0.05, 0) is 63.0 Å². The Hall–Kier alpha value is -2.86. The quantitative estimate of drug-likeness (QED) is 0.176. The Bertz CT molecular complexity index is 1420. The van der Waals surface area contributed by atoms with Crippen molar-refractivity contribution in [1.82, 2.24) is 0 Å². The summed E-state index contributed by atoms with van der Waals surface area (Å²) in [6, 6.07) is 49.2. The Morgan fingerprint density at radius 3 is 0.921 bits per heavy atom. The van der Waals surface area contributed by atoms with Crippen LogP contribution >= 0.6 is 38.5 Å². The molecule has 0 unspecified atom stereocenters. The highest BCUT2D eigenvalue weighted by Gasteiger charge is 2.28. The van der Waals surface area contributed by atoms with Crippen molar-refractivity contribution in [3.8, 4) is 11.1 Å². The van der Waals surface area contributed by atoms with Crippen molar-refractivity contribution in [2.24, 2.45) is 0 Å². The third kappa shape index (κ3) is 5.20. The normalized spacial score (nSPS) is 11.4. The predicted molar refractivity (Wildman–Crippen MR) is 175 cm³/mol. The zero-order valence-electron chi connectivity index (χ0n) is 21.4. The summed E-state index contributed by atoms with van der Waals surface area (Å²) in [5.74, 6) is 0. The Kier molecular flexibility index (Phi) is 7.68. The third-order valence-electron chi connectivity index (χ3n) is 6.43. The minimum Gasteiger partial charge on any atom is -0.139 e. The molecule has 4 aromatic carbocycles. The summed E-state index contributed by atoms with van der Waals surface area (Å²) in [7, 11) is -1.34. The number of hydrogen-bond acceptors (Lipinski definition) is 2. The summed E-state index contributed by atoms with van der Waals surface area (Å²) in [5, 5.41) is 5.61. The van der Waals surface area contributed by atoms with Crippen LogP contribution in [0.3, 0.4) is 0 Å². The maximum atomic E-state index is 2.44. The fourth-order valence-electron chi connectivity index (χ4n) is 4.80. The van der Waals surface area contributed by atoms with Gasteiger partial charge in [0.25, 0.3) is 0 Å². The van der Waals surface area contributed by atoms with Gasteiger partial charge >= 0.3 is 0 Å². The molecule has 0 aliphatic rings. The van der Waals surface area contributed by atoms with Crippen molar-refractivity contribution in [2.45, 2.75) is 13.8 Å². The van der Waals surface area contributed by atoms with Crippen LogP contribution in [0.25, 0.3) is 11.1 Å². The predicted octanol–water partition coefficient (Wildman–Crippen LogP) is 7.61. The Balaban J connectivity index is 1.57. The van der Waals surface area contributed by atoms with Crippen LogP contribution in [-0.2, 0) is 0 Å². The van der Waals surface area contributed by atoms with Crippen molar-refractivity contribution in [3.63, 3.8) is 0 Å². The van der Waals surface area contributed by atoms with Crippen LogP contribution in [0.15, 0.2) is 133 Å². The first-order valence-electron chi connectivity index (χ1n) is 12.7. The average Bonchev–Trinajstić information content (AvgIpc) is 3.53. The van der Waals surface area contributed by atoms with Gasteiger partial charge < -0.3 is 0 Å². The zero-order valence-corrected chi connectivity index (χ0v) is 24.8. The Morgan fingerprint density at radius 1 is 0.395 bits per heavy atom. The summed E-state index contributed by atoms with van der Waals surface area (Å²) in [5.41, 5.74) is 2.81. The highest BCUT2D eigenvalue weighted by atomic mass is 32.1. The minimum absolute atomic E-state index is 0.670. The van der Waals surface area contributed by atoms with Crippen LogP contribution in [0.5, 0.6) is 0 Å². The highest BCUT2D eigenvalue weighted by molar-refractivity contribution is 7.85. The van der Waals surface area contributed by atoms with Crippen LogP contribution < -0.4 is 30.5 Å². The standard InChI is InChI=1S/C34H28P2S2/c1-25-23-31(33(37-25)35(27-15-7-3-8-16-27)28-17-9-4-10-18-28)32-24-26(2)38-34(32)36(29-19-11-5-12-20-29)30-21-13-6-14-22-30/h3-24H,1-2H3. The lowest BCUT2D eigenvalue weighted by molar-refractivity contribution is 1.62. The monoisotopic (exact) mass is 562 g/mol. The molecule has 186 valence electrons. The fraction of sp³-hybridized carbons (Fsp3) is 0.0588. The molecular weight excluding hydrogens is 534 g/mol. The summed E-state index contributed by atoms with van der Waals surface area (Å²) in [4.78, 5) is 2.74. The molecule has 0 aliphatic heterocycles. The zero-order chi connectivity index (χ0) is 25.9. The van der Waals surface area contributed by atoms with Crippen molar-refractivity contribution in [1.29, 1.82) is 0 Å². The molecule has 0 saturated heterocycles. The fourth-order valence-corrected chi connectivity index (χ4v) is 13.4. The molecule has 0 radical (unpaired) electrons. The molecule has 0 aliphatic carbocycles. The number of benzene rings is 4. The van der Waals surface area contributed by atoms with Gasteiger partial charge in [-0.15, -0.1) is 22.7 Å². The van der Waals surface area contributed by atoms with Crippen LogP contribution in [0.4, 0.5) is 0 Å². The highest BCUT2D eigenvalue weighted by Crippen LogP contribution is 2.45. The van der Waals surface area contributed by atoms with Gasteiger partial charge in [-0.2, -0.15) is 0 Å². The van der Waals surface area contributed by atoms with E-state index in [1.54, 1.807) is 0 Å². The van der Waals surface area contributed by atoms with E-state index >= 15 is 0 Å². The molecule has 0 fully saturated rings. The molecule has 0 bridgehead atoms. The van der Waals surface area contributed by atoms with E-state index in [0.717, 1.165) is 0 Å². The van der Waals surface area contributed by atoms with Crippen molar-refractivity contribution >= 4 is 69.0 Å². The minimum atomic E-state index is -0.670. The van der Waals surface area contributed by atoms with Gasteiger partial charge in [0, 0.05) is 30.1 Å². The molecule has 4 heteroatoms. The van der Waals surface area contributed by atoms with E-state index in [1.807, 2.05) is 22.7 Å². The van der Waals surface area contributed by atoms with Gasteiger partial charge in [0.05, 0.1) is 0 Å². The first-order valence-corrected chi connectivity index (χ1v) is 17.0. The van der Waals surface area contributed by atoms with Gasteiger partial charge in [-0.3, -0.25) is 0 Å². The molecule has 0 saturated carbocycles. The van der Waals surface area contributed by atoms with E-state index in [1.165, 1.54) is 51.3 Å². The smallest absolute Gasteiger partial charge is 0.0449 e. The molecule has 2 heterocycles. The SMILES string of the molecule is Cc1cc(-c2cc(C)sc2P(c2ccccc2)c2ccccc2)c(P(c2ccccc2)c2ccccc2)s1. The maximum Gasteiger partial charge on any atom is 0.0449 e. The second kappa shape index (κ2) is 11.5. The molecule has 0 amide bonds. The lowest BCUT2D eigenvalue weighted by atomic mass is 10.2. The summed E-state index contributed by atoms with van der Waals surface area (Å²) < 4.78 is 2.98. The first-order chi connectivity index (χ1) is 18.7. The van der Waals surface area contributed by atoms with E-state index in [9.17, 15) is 0 Å². The van der Waals surface area contributed by atoms with E-state index in [2.05, 4.69) is 147 Å². The molecular formula is C34H28P2S2. The summed E-state index contributed by atoms with van der Waals surface area (Å²) in [6.07, 6.45) is 0. The molecule has 0 N–H and O–H groups in total. The molecule has 6 aromatic rings. The molecule has 6 rings (SSSR count). The summed E-state index contributed by atoms with van der Waals surface area (Å²) in [6.45, 7) is 4.52. The topological polar surface area (TPSA) is 0 Å². The van der Waals surface area contributed by atoms with Gasteiger partial charge in [-0.25, -0.2) is 0 Å². The molecule has 2 aromatic heterocycles. The number of thiophene rings is 2. The summed E-state index contributed by atoms with van der Waals surface area (Å²) >= 11 is 3.94. The number of rotatable bonds is 7. The van der Waals surface area contributed by atoms with Gasteiger partial charge in [0.2, 0.25) is 0 Å². The molecule has 0 spiro atoms. The molecule has 0 atom stereocenters. The first kappa shape index (κ1) is 25.4. The van der Waals surface area contributed by atoms with E-state index in [4.69, 9.17) is 0 Å². The lowest BCUT2D eigenvalue weighted by Gasteiger charge is -2.22. The van der Waals surface area contributed by atoms with Crippen molar-refractivity contribution in [3.05, 3.63) is 143 Å². The molecule has 38 heavy (non-hydrogen) atoms. The lowest BCUT2D eigenvalue weighted by Crippen LogP contribution is -2.22. The second-order valence-corrected chi connectivity index (χ2v) is 16.6. The Labute approximate surface area is 236 Å².